The lowest BCUT2D eigenvalue weighted by atomic mass is 9.84. The Kier molecular flexibility index (Phi) is 3.71. The summed E-state index contributed by atoms with van der Waals surface area (Å²) in [5.41, 5.74) is -0.299. The molecule has 0 radical (unpaired) electrons. The van der Waals surface area contributed by atoms with Gasteiger partial charge in [-0.25, -0.2) is 0 Å². The van der Waals surface area contributed by atoms with Crippen LogP contribution in [0, 0.1) is 0 Å². The summed E-state index contributed by atoms with van der Waals surface area (Å²) in [5, 5.41) is 0.727. The molecular weight excluding hydrogens is 323 g/mol. The number of Topliss-reactive ketones (excluding diaryl/α,β-unsaturated/α-hetero) is 1. The maximum atomic E-state index is 12.9. The summed E-state index contributed by atoms with van der Waals surface area (Å²) >= 11 is 12.1. The molecule has 112 valence electrons. The summed E-state index contributed by atoms with van der Waals surface area (Å²) in [6, 6.07) is 13.6. The van der Waals surface area contributed by atoms with E-state index in [1.54, 1.807) is 43.3 Å². The average Bonchev–Trinajstić information content (AvgIpc) is 2.74. The number of hydrogen-bond acceptors (Lipinski definition) is 3. The summed E-state index contributed by atoms with van der Waals surface area (Å²) < 4.78 is 5.42. The van der Waals surface area contributed by atoms with Crippen molar-refractivity contribution in [1.29, 1.82) is 0 Å². The first-order chi connectivity index (χ1) is 10.4. The number of carbonyl (C=O) groups excluding carboxylic acids is 2. The Labute approximate surface area is 137 Å². The van der Waals surface area contributed by atoms with E-state index in [-0.39, 0.29) is 5.78 Å². The van der Waals surface area contributed by atoms with Crippen LogP contribution in [0.25, 0.3) is 0 Å². The van der Waals surface area contributed by atoms with Crippen LogP contribution in [0.15, 0.2) is 48.5 Å². The van der Waals surface area contributed by atoms with Gasteiger partial charge in [-0.2, -0.15) is 0 Å². The predicted molar refractivity (Wildman–Crippen MR) is 84.1 cm³/mol. The zero-order chi connectivity index (χ0) is 15.9. The van der Waals surface area contributed by atoms with E-state index in [0.29, 0.717) is 21.2 Å². The molecule has 3 rings (SSSR count). The molecule has 2 aromatic rings. The molecule has 1 aliphatic heterocycles. The molecule has 2 aromatic carbocycles. The van der Waals surface area contributed by atoms with E-state index in [2.05, 4.69) is 0 Å². The van der Waals surface area contributed by atoms with E-state index < -0.39 is 17.5 Å². The molecule has 0 spiro atoms. The van der Waals surface area contributed by atoms with Crippen molar-refractivity contribution in [2.75, 3.05) is 0 Å². The van der Waals surface area contributed by atoms with Crippen LogP contribution in [0.1, 0.15) is 24.0 Å². The molecule has 3 nitrogen and oxygen atoms in total. The van der Waals surface area contributed by atoms with Crippen molar-refractivity contribution in [3.05, 3.63) is 69.7 Å². The van der Waals surface area contributed by atoms with Crippen LogP contribution in [0.5, 0.6) is 0 Å². The predicted octanol–water partition coefficient (Wildman–Crippen LogP) is 4.12. The van der Waals surface area contributed by atoms with E-state index >= 15 is 0 Å². The monoisotopic (exact) mass is 334 g/mol. The maximum Gasteiger partial charge on any atom is 0.322 e. The Hall–Kier alpha value is -1.84. The van der Waals surface area contributed by atoms with Gasteiger partial charge in [-0.05, 0) is 30.7 Å². The summed E-state index contributed by atoms with van der Waals surface area (Å²) in [7, 11) is 0. The van der Waals surface area contributed by atoms with Gasteiger partial charge in [0.15, 0.2) is 11.4 Å². The van der Waals surface area contributed by atoms with Crippen LogP contribution < -0.4 is 0 Å². The Morgan fingerprint density at radius 2 is 1.73 bits per heavy atom. The average molecular weight is 335 g/mol. The standard InChI is InChI=1S/C17H12Cl2O3/c1-17(10-5-3-2-4-6-10)15(20)14(16(21)22-17)12-9-11(18)7-8-13(12)19/h2-9,14H,1H3. The lowest BCUT2D eigenvalue weighted by Gasteiger charge is -2.21. The topological polar surface area (TPSA) is 43.4 Å². The number of cyclic esters (lactones) is 1. The van der Waals surface area contributed by atoms with E-state index in [0.717, 1.165) is 0 Å². The molecule has 1 saturated heterocycles. The zero-order valence-electron chi connectivity index (χ0n) is 11.7. The van der Waals surface area contributed by atoms with Gasteiger partial charge in [0.05, 0.1) is 0 Å². The Morgan fingerprint density at radius 3 is 2.41 bits per heavy atom. The molecule has 0 aromatic heterocycles. The first kappa shape index (κ1) is 15.1. The molecule has 5 heteroatoms. The molecule has 1 fully saturated rings. The van der Waals surface area contributed by atoms with Crippen molar-refractivity contribution in [2.24, 2.45) is 0 Å². The van der Waals surface area contributed by atoms with Gasteiger partial charge in [-0.1, -0.05) is 53.5 Å². The van der Waals surface area contributed by atoms with Gasteiger partial charge in [0.2, 0.25) is 0 Å². The lowest BCUT2D eigenvalue weighted by Crippen LogP contribution is -2.30. The third-order valence-corrected chi connectivity index (χ3v) is 4.45. The second-order valence-corrected chi connectivity index (χ2v) is 6.13. The van der Waals surface area contributed by atoms with Crippen molar-refractivity contribution < 1.29 is 14.3 Å². The van der Waals surface area contributed by atoms with Crippen LogP contribution in [-0.4, -0.2) is 11.8 Å². The van der Waals surface area contributed by atoms with Crippen LogP contribution in [0.3, 0.4) is 0 Å². The van der Waals surface area contributed by atoms with Crippen LogP contribution in [-0.2, 0) is 19.9 Å². The van der Waals surface area contributed by atoms with Crippen molar-refractivity contribution >= 4 is 35.0 Å². The van der Waals surface area contributed by atoms with E-state index in [1.165, 1.54) is 6.07 Å². The number of halogens is 2. The van der Waals surface area contributed by atoms with Crippen LogP contribution in [0.4, 0.5) is 0 Å². The number of rotatable bonds is 2. The largest absolute Gasteiger partial charge is 0.446 e. The van der Waals surface area contributed by atoms with Gasteiger partial charge < -0.3 is 4.74 Å². The maximum absolute atomic E-state index is 12.9. The fourth-order valence-electron chi connectivity index (χ4n) is 2.65. The molecule has 0 amide bonds. The molecule has 0 bridgehead atoms. The molecule has 0 aliphatic carbocycles. The third-order valence-electron chi connectivity index (χ3n) is 3.87. The molecule has 1 aliphatic rings. The summed E-state index contributed by atoms with van der Waals surface area (Å²) in [6.07, 6.45) is 0. The molecule has 0 N–H and O–H groups in total. The normalized spacial score (nSPS) is 24.4. The van der Waals surface area contributed by atoms with E-state index in [4.69, 9.17) is 27.9 Å². The fourth-order valence-corrected chi connectivity index (χ4v) is 3.06. The van der Waals surface area contributed by atoms with Gasteiger partial charge in [0.1, 0.15) is 5.92 Å². The highest BCUT2D eigenvalue weighted by Gasteiger charge is 2.54. The van der Waals surface area contributed by atoms with Crippen molar-refractivity contribution in [1.82, 2.24) is 0 Å². The zero-order valence-corrected chi connectivity index (χ0v) is 13.2. The second-order valence-electron chi connectivity index (χ2n) is 5.28. The summed E-state index contributed by atoms with van der Waals surface area (Å²) in [4.78, 5) is 25.1. The second kappa shape index (κ2) is 5.41. The van der Waals surface area contributed by atoms with Gasteiger partial charge >= 0.3 is 5.97 Å². The number of esters is 1. The van der Waals surface area contributed by atoms with Crippen LogP contribution in [0.2, 0.25) is 10.0 Å². The summed E-state index contributed by atoms with van der Waals surface area (Å²) in [5.74, 6) is -2.01. The highest BCUT2D eigenvalue weighted by atomic mass is 35.5. The van der Waals surface area contributed by atoms with Gasteiger partial charge in [-0.3, -0.25) is 9.59 Å². The minimum absolute atomic E-state index is 0.317. The highest BCUT2D eigenvalue weighted by molar-refractivity contribution is 6.34. The Bertz CT molecular complexity index is 758. The fraction of sp³-hybridized carbons (Fsp3) is 0.176. The number of hydrogen-bond donors (Lipinski definition) is 0. The minimum Gasteiger partial charge on any atom is -0.446 e. The Morgan fingerprint density at radius 1 is 1.05 bits per heavy atom. The van der Waals surface area contributed by atoms with Gasteiger partial charge in [0, 0.05) is 15.6 Å². The first-order valence-electron chi connectivity index (χ1n) is 6.71. The third kappa shape index (κ3) is 2.31. The molecule has 2 atom stereocenters. The Balaban J connectivity index is 2.08. The van der Waals surface area contributed by atoms with Crippen molar-refractivity contribution in [2.45, 2.75) is 18.4 Å². The molecule has 2 unspecified atom stereocenters. The molecule has 0 saturated carbocycles. The van der Waals surface area contributed by atoms with Gasteiger partial charge in [-0.15, -0.1) is 0 Å². The number of carbonyl (C=O) groups is 2. The van der Waals surface area contributed by atoms with Crippen molar-refractivity contribution in [3.63, 3.8) is 0 Å². The summed E-state index contributed by atoms with van der Waals surface area (Å²) in [6.45, 7) is 1.60. The smallest absolute Gasteiger partial charge is 0.322 e. The van der Waals surface area contributed by atoms with Gasteiger partial charge in [0.25, 0.3) is 0 Å². The quantitative estimate of drug-likeness (QED) is 0.612. The van der Waals surface area contributed by atoms with E-state index in [9.17, 15) is 9.59 Å². The number of ketones is 1. The van der Waals surface area contributed by atoms with E-state index in [1.807, 2.05) is 6.07 Å². The molecule has 22 heavy (non-hydrogen) atoms. The number of benzene rings is 2. The molecule has 1 heterocycles. The first-order valence-corrected chi connectivity index (χ1v) is 7.47. The lowest BCUT2D eigenvalue weighted by molar-refractivity contribution is -0.151. The molecular formula is C17H12Cl2O3. The van der Waals surface area contributed by atoms with Crippen molar-refractivity contribution in [3.8, 4) is 0 Å². The number of ether oxygens (including phenoxy) is 1. The minimum atomic E-state index is -1.31. The highest BCUT2D eigenvalue weighted by Crippen LogP contribution is 2.43. The van der Waals surface area contributed by atoms with Crippen LogP contribution >= 0.6 is 23.2 Å². The SMILES string of the molecule is CC1(c2ccccc2)OC(=O)C(c2cc(Cl)ccc2Cl)C1=O.